The maximum atomic E-state index is 9.88. The molecule has 0 atom stereocenters. The Bertz CT molecular complexity index is 2160. The highest BCUT2D eigenvalue weighted by molar-refractivity contribution is 7.26. The minimum absolute atomic E-state index is 0.686. The summed E-state index contributed by atoms with van der Waals surface area (Å²) in [7, 11) is 0. The van der Waals surface area contributed by atoms with Crippen molar-refractivity contribution in [1.82, 2.24) is 0 Å². The highest BCUT2D eigenvalue weighted by atomic mass is 32.1. The zero-order valence-corrected chi connectivity index (χ0v) is 23.0. The molecule has 8 rings (SSSR count). The van der Waals surface area contributed by atoms with Gasteiger partial charge in [0, 0.05) is 40.3 Å². The van der Waals surface area contributed by atoms with Crippen molar-refractivity contribution in [3.05, 3.63) is 133 Å². The van der Waals surface area contributed by atoms with E-state index in [1.54, 1.807) is 0 Å². The maximum absolute atomic E-state index is 9.88. The Balaban J connectivity index is 1.35. The zero-order chi connectivity index (χ0) is 26.6. The van der Waals surface area contributed by atoms with E-state index in [1.165, 1.54) is 51.5 Å². The van der Waals surface area contributed by atoms with Gasteiger partial charge in [0.25, 0.3) is 0 Å². The van der Waals surface area contributed by atoms with Crippen LogP contribution in [0.15, 0.2) is 127 Å². The lowest BCUT2D eigenvalue weighted by Gasteiger charge is -2.12. The van der Waals surface area contributed by atoms with Crippen LogP contribution in [0.5, 0.6) is 0 Å². The molecular formula is C37H21NS2. The van der Waals surface area contributed by atoms with Crippen LogP contribution in [-0.4, -0.2) is 0 Å². The van der Waals surface area contributed by atoms with E-state index in [0.717, 1.165) is 22.3 Å². The van der Waals surface area contributed by atoms with Gasteiger partial charge in [0.05, 0.1) is 11.6 Å². The molecule has 0 N–H and O–H groups in total. The van der Waals surface area contributed by atoms with E-state index >= 15 is 0 Å². The lowest BCUT2D eigenvalue weighted by molar-refractivity contribution is 1.48. The van der Waals surface area contributed by atoms with Crippen LogP contribution < -0.4 is 0 Å². The molecule has 0 amide bonds. The van der Waals surface area contributed by atoms with E-state index in [0.29, 0.717) is 5.56 Å². The predicted octanol–water partition coefficient (Wildman–Crippen LogP) is 11.3. The van der Waals surface area contributed by atoms with Gasteiger partial charge >= 0.3 is 0 Å². The van der Waals surface area contributed by atoms with Crippen LogP contribution in [-0.2, 0) is 0 Å². The SMILES string of the molecule is N#Cc1ccccc1-c1cc(-c2ccc3c(c2)sc2ccccc23)cc(-c2ccc3c(c2)sc2ccccc23)c1. The van der Waals surface area contributed by atoms with Crippen molar-refractivity contribution >= 4 is 63.0 Å². The minimum atomic E-state index is 0.686. The molecule has 0 radical (unpaired) electrons. The molecular weight excluding hydrogens is 523 g/mol. The van der Waals surface area contributed by atoms with Gasteiger partial charge in [-0.25, -0.2) is 0 Å². The highest BCUT2D eigenvalue weighted by Crippen LogP contribution is 2.41. The van der Waals surface area contributed by atoms with Crippen LogP contribution in [0, 0.1) is 11.3 Å². The number of nitrogens with zero attached hydrogens (tertiary/aromatic N) is 1. The van der Waals surface area contributed by atoms with E-state index in [1.807, 2.05) is 46.9 Å². The second kappa shape index (κ2) is 9.17. The Morgan fingerprint density at radius 1 is 0.400 bits per heavy atom. The average molecular weight is 544 g/mol. The van der Waals surface area contributed by atoms with E-state index in [-0.39, 0.29) is 0 Å². The third-order valence-corrected chi connectivity index (χ3v) is 9.98. The fourth-order valence-electron chi connectivity index (χ4n) is 5.76. The van der Waals surface area contributed by atoms with E-state index in [9.17, 15) is 5.26 Å². The standard InChI is InChI=1S/C37H21NS2/c38-22-25-7-1-2-8-29(25)28-18-26(23-13-15-32-30-9-3-5-11-34(30)39-36(32)20-23)17-27(19-28)24-14-16-33-31-10-4-6-12-35(31)40-37(33)21-24/h1-21H. The van der Waals surface area contributed by atoms with E-state index in [2.05, 4.69) is 109 Å². The van der Waals surface area contributed by atoms with Gasteiger partial charge in [0.1, 0.15) is 0 Å². The van der Waals surface area contributed by atoms with Crippen LogP contribution in [0.1, 0.15) is 5.56 Å². The summed E-state index contributed by atoms with van der Waals surface area (Å²) in [6, 6.07) is 47.9. The molecule has 1 nitrogen and oxygen atoms in total. The largest absolute Gasteiger partial charge is 0.192 e. The quantitative estimate of drug-likeness (QED) is 0.217. The van der Waals surface area contributed by atoms with Crippen LogP contribution >= 0.6 is 22.7 Å². The molecule has 40 heavy (non-hydrogen) atoms. The minimum Gasteiger partial charge on any atom is -0.192 e. The molecule has 6 aromatic carbocycles. The molecule has 0 aliphatic carbocycles. The summed E-state index contributed by atoms with van der Waals surface area (Å²) >= 11 is 3.68. The molecule has 0 aliphatic rings. The van der Waals surface area contributed by atoms with Crippen molar-refractivity contribution in [3.8, 4) is 39.4 Å². The third kappa shape index (κ3) is 3.73. The first-order valence-corrected chi connectivity index (χ1v) is 14.9. The Kier molecular flexibility index (Phi) is 5.31. The summed E-state index contributed by atoms with van der Waals surface area (Å²) in [6.07, 6.45) is 0. The fraction of sp³-hybridized carbons (Fsp3) is 0. The molecule has 0 fully saturated rings. The fourth-order valence-corrected chi connectivity index (χ4v) is 8.05. The second-order valence-corrected chi connectivity index (χ2v) is 12.2. The topological polar surface area (TPSA) is 23.8 Å². The van der Waals surface area contributed by atoms with Crippen molar-refractivity contribution < 1.29 is 0 Å². The van der Waals surface area contributed by atoms with Crippen LogP contribution in [0.2, 0.25) is 0 Å². The molecule has 0 aliphatic heterocycles. The Morgan fingerprint density at radius 2 is 0.875 bits per heavy atom. The van der Waals surface area contributed by atoms with Gasteiger partial charge in [-0.3, -0.25) is 0 Å². The van der Waals surface area contributed by atoms with Gasteiger partial charge in [-0.2, -0.15) is 5.26 Å². The number of nitriles is 1. The third-order valence-electron chi connectivity index (χ3n) is 7.72. The van der Waals surface area contributed by atoms with E-state index < -0.39 is 0 Å². The molecule has 2 heterocycles. The normalized spacial score (nSPS) is 11.5. The van der Waals surface area contributed by atoms with Gasteiger partial charge in [0.15, 0.2) is 0 Å². The smallest absolute Gasteiger partial charge is 0.0998 e. The maximum Gasteiger partial charge on any atom is 0.0998 e. The number of hydrogen-bond donors (Lipinski definition) is 0. The zero-order valence-electron chi connectivity index (χ0n) is 21.4. The molecule has 0 unspecified atom stereocenters. The number of fused-ring (bicyclic) bond motifs is 6. The molecule has 0 saturated heterocycles. The lowest BCUT2D eigenvalue weighted by Crippen LogP contribution is -1.88. The summed E-state index contributed by atoms with van der Waals surface area (Å²) in [4.78, 5) is 0. The van der Waals surface area contributed by atoms with Gasteiger partial charge < -0.3 is 0 Å². The van der Waals surface area contributed by atoms with Gasteiger partial charge in [-0.15, -0.1) is 22.7 Å². The molecule has 2 aromatic heterocycles. The summed E-state index contributed by atoms with van der Waals surface area (Å²) in [5, 5.41) is 15.1. The Hall–Kier alpha value is -4.75. The van der Waals surface area contributed by atoms with Gasteiger partial charge in [-0.05, 0) is 81.9 Å². The second-order valence-electron chi connectivity index (χ2n) is 10.1. The van der Waals surface area contributed by atoms with E-state index in [4.69, 9.17) is 0 Å². The molecule has 0 spiro atoms. The van der Waals surface area contributed by atoms with Crippen molar-refractivity contribution in [2.75, 3.05) is 0 Å². The summed E-state index contributed by atoms with van der Waals surface area (Å²) < 4.78 is 5.19. The molecule has 186 valence electrons. The highest BCUT2D eigenvalue weighted by Gasteiger charge is 2.13. The van der Waals surface area contributed by atoms with Gasteiger partial charge in [0.2, 0.25) is 0 Å². The summed E-state index contributed by atoms with van der Waals surface area (Å²) in [6.45, 7) is 0. The summed E-state index contributed by atoms with van der Waals surface area (Å²) in [5.74, 6) is 0. The van der Waals surface area contributed by atoms with Crippen molar-refractivity contribution in [1.29, 1.82) is 5.26 Å². The molecule has 3 heteroatoms. The molecule has 8 aromatic rings. The van der Waals surface area contributed by atoms with Gasteiger partial charge in [-0.1, -0.05) is 78.9 Å². The monoisotopic (exact) mass is 543 g/mol. The first-order valence-electron chi connectivity index (χ1n) is 13.2. The van der Waals surface area contributed by atoms with Crippen LogP contribution in [0.25, 0.3) is 73.7 Å². The Labute approximate surface area is 239 Å². The first kappa shape index (κ1) is 23.2. The number of rotatable bonds is 3. The first-order chi connectivity index (χ1) is 19.7. The molecule has 0 saturated carbocycles. The lowest BCUT2D eigenvalue weighted by atomic mass is 9.91. The molecule has 0 bridgehead atoms. The van der Waals surface area contributed by atoms with Crippen molar-refractivity contribution in [3.63, 3.8) is 0 Å². The van der Waals surface area contributed by atoms with Crippen molar-refractivity contribution in [2.45, 2.75) is 0 Å². The number of benzene rings is 6. The Morgan fingerprint density at radius 3 is 1.45 bits per heavy atom. The van der Waals surface area contributed by atoms with Crippen LogP contribution in [0.4, 0.5) is 0 Å². The summed E-state index contributed by atoms with van der Waals surface area (Å²) in [5.41, 5.74) is 7.35. The van der Waals surface area contributed by atoms with Crippen LogP contribution in [0.3, 0.4) is 0 Å². The number of hydrogen-bond acceptors (Lipinski definition) is 3. The number of thiophene rings is 2. The average Bonchev–Trinajstić information content (AvgIpc) is 3.58. The van der Waals surface area contributed by atoms with Crippen molar-refractivity contribution in [2.24, 2.45) is 0 Å². The predicted molar refractivity (Wildman–Crippen MR) is 173 cm³/mol.